The van der Waals surface area contributed by atoms with Crippen molar-refractivity contribution >= 4 is 41.0 Å². The fourth-order valence-electron chi connectivity index (χ4n) is 7.52. The minimum atomic E-state index is -1.13. The highest BCUT2D eigenvalue weighted by atomic mass is 35.5. The van der Waals surface area contributed by atoms with Crippen LogP contribution in [0.25, 0.3) is 0 Å². The molecule has 7 rings (SSSR count). The van der Waals surface area contributed by atoms with Crippen LogP contribution in [0.3, 0.4) is 0 Å². The molecule has 4 heterocycles. The number of fused-ring (bicyclic) bond motifs is 3. The molecule has 2 atom stereocenters. The first-order valence-electron chi connectivity index (χ1n) is 17.5. The first kappa shape index (κ1) is 38.2. The fraction of sp³-hybridized carbons (Fsp3) is 0.375. The number of hydrogen-bond acceptors (Lipinski definition) is 8. The maximum absolute atomic E-state index is 14.3. The van der Waals surface area contributed by atoms with Gasteiger partial charge in [0.25, 0.3) is 0 Å². The summed E-state index contributed by atoms with van der Waals surface area (Å²) in [4.78, 5) is 33.2. The summed E-state index contributed by atoms with van der Waals surface area (Å²) in [6.45, 7) is 3.45. The number of aromatic carboxylic acids is 1. The predicted octanol–water partition coefficient (Wildman–Crippen LogP) is 7.02. The topological polar surface area (TPSA) is 119 Å². The average Bonchev–Trinajstić information content (AvgIpc) is 3.13. The number of benzene rings is 3. The molecule has 0 saturated carbocycles. The van der Waals surface area contributed by atoms with Crippen molar-refractivity contribution in [3.05, 3.63) is 122 Å². The number of piperidine rings is 3. The van der Waals surface area contributed by atoms with Crippen molar-refractivity contribution in [1.29, 1.82) is 0 Å². The molecule has 0 unspecified atom stereocenters. The predicted molar refractivity (Wildman–Crippen MR) is 203 cm³/mol. The second-order valence-electron chi connectivity index (χ2n) is 13.9. The first-order valence-corrected chi connectivity index (χ1v) is 18.3. The minimum Gasteiger partial charge on any atom is -0.619 e. The molecular weight excluding hydrogens is 719 g/mol. The van der Waals surface area contributed by atoms with Crippen LogP contribution in [0.5, 0.6) is 11.5 Å². The highest BCUT2D eigenvalue weighted by Crippen LogP contribution is 2.40. The lowest BCUT2D eigenvalue weighted by Gasteiger charge is -2.44. The van der Waals surface area contributed by atoms with Crippen LogP contribution in [0.2, 0.25) is 10.0 Å². The molecule has 11 nitrogen and oxygen atoms in total. The van der Waals surface area contributed by atoms with Crippen molar-refractivity contribution in [2.75, 3.05) is 52.8 Å². The average molecular weight is 764 g/mol. The molecule has 3 fully saturated rings. The molecule has 0 radical (unpaired) electrons. The Bertz CT molecular complexity index is 1940. The van der Waals surface area contributed by atoms with Gasteiger partial charge >= 0.3 is 12.1 Å². The number of methoxy groups -OCH3 is 2. The van der Waals surface area contributed by atoms with Gasteiger partial charge < -0.3 is 29.4 Å². The number of carbonyl (C=O) groups excluding carboxylic acids is 1. The van der Waals surface area contributed by atoms with E-state index in [4.69, 9.17) is 37.4 Å². The van der Waals surface area contributed by atoms with Crippen LogP contribution in [0.15, 0.2) is 73.1 Å². The summed E-state index contributed by atoms with van der Waals surface area (Å²) in [5, 5.41) is 22.9. The van der Waals surface area contributed by atoms with Gasteiger partial charge in [0.1, 0.15) is 16.1 Å². The normalized spacial score (nSPS) is 18.4. The standard InChI is InChI=1S/C40H44Cl2N4O7/c1-43(2)21-28-7-5-6-8-35(28)46(40(49)53-38-24-44-15-13-26(38)14-16-44)20-25-9-11-29(39(47)48)31(17-25)30(19-32-33(41)22-45(50)23-34(32)42)27-10-12-36(51-3)37(18-27)52-4/h5-12,17-18,22-23,26,30,38H,13-16,19-21,24H2,1-4H3,(H,47,48)/t30-,38-/m0/s1. The summed E-state index contributed by atoms with van der Waals surface area (Å²) in [6, 6.07) is 18.2. The van der Waals surface area contributed by atoms with Crippen molar-refractivity contribution < 1.29 is 33.6 Å². The monoisotopic (exact) mass is 762 g/mol. The summed E-state index contributed by atoms with van der Waals surface area (Å²) in [5.41, 5.74) is 4.03. The summed E-state index contributed by atoms with van der Waals surface area (Å²) < 4.78 is 17.9. The molecule has 2 bridgehead atoms. The Morgan fingerprint density at radius 2 is 1.66 bits per heavy atom. The molecule has 4 aromatic rings. The number of carboxylic acid groups (broad SMARTS) is 1. The van der Waals surface area contributed by atoms with E-state index in [1.54, 1.807) is 29.2 Å². The lowest BCUT2D eigenvalue weighted by Crippen LogP contribution is -2.53. The molecular formula is C40H44Cl2N4O7. The number of aromatic nitrogens is 1. The van der Waals surface area contributed by atoms with E-state index in [0.29, 0.717) is 63.2 Å². The Morgan fingerprint density at radius 1 is 0.962 bits per heavy atom. The lowest BCUT2D eigenvalue weighted by atomic mass is 9.82. The van der Waals surface area contributed by atoms with Gasteiger partial charge in [0.05, 0.1) is 32.0 Å². The molecule has 1 amide bonds. The zero-order valence-electron chi connectivity index (χ0n) is 30.3. The number of pyridine rings is 1. The van der Waals surface area contributed by atoms with E-state index in [1.165, 1.54) is 26.6 Å². The second-order valence-corrected chi connectivity index (χ2v) is 14.7. The minimum absolute atomic E-state index is 0.0602. The van der Waals surface area contributed by atoms with Gasteiger partial charge in [-0.05, 0) is 98.9 Å². The van der Waals surface area contributed by atoms with Gasteiger partial charge in [-0.1, -0.05) is 59.6 Å². The largest absolute Gasteiger partial charge is 0.619 e. The van der Waals surface area contributed by atoms with E-state index >= 15 is 0 Å². The number of para-hydroxylation sites is 1. The van der Waals surface area contributed by atoms with Gasteiger partial charge in [0, 0.05) is 24.6 Å². The number of ether oxygens (including phenoxy) is 3. The van der Waals surface area contributed by atoms with E-state index < -0.39 is 18.0 Å². The third-order valence-electron chi connectivity index (χ3n) is 10.2. The van der Waals surface area contributed by atoms with Crippen LogP contribution in [0.4, 0.5) is 10.5 Å². The summed E-state index contributed by atoms with van der Waals surface area (Å²) >= 11 is 13.2. The van der Waals surface area contributed by atoms with E-state index in [0.717, 1.165) is 31.5 Å². The maximum atomic E-state index is 14.3. The zero-order chi connectivity index (χ0) is 37.8. The number of carboxylic acids is 1. The SMILES string of the molecule is COc1ccc([C@H](Cc2c(Cl)c[n+]([O-])cc2Cl)c2cc(CN(C(=O)O[C@H]3CN4CCC3CC4)c3ccccc3CN(C)C)ccc2C(=O)O)cc1OC. The van der Waals surface area contributed by atoms with E-state index in [-0.39, 0.29) is 34.7 Å². The van der Waals surface area contributed by atoms with Gasteiger partial charge in [0.2, 0.25) is 0 Å². The Labute approximate surface area is 319 Å². The summed E-state index contributed by atoms with van der Waals surface area (Å²) in [5.74, 6) is -0.496. The van der Waals surface area contributed by atoms with Gasteiger partial charge in [-0.25, -0.2) is 9.59 Å². The van der Waals surface area contributed by atoms with Crippen molar-refractivity contribution in [2.24, 2.45) is 5.92 Å². The number of carbonyl (C=O) groups is 2. The number of rotatable bonds is 13. The van der Waals surface area contributed by atoms with Crippen molar-refractivity contribution in [1.82, 2.24) is 9.80 Å². The molecule has 3 aliphatic rings. The lowest BCUT2D eigenvalue weighted by molar-refractivity contribution is -0.605. The molecule has 3 aliphatic heterocycles. The Hall–Kier alpha value is -4.55. The Balaban J connectivity index is 1.45. The first-order chi connectivity index (χ1) is 25.4. The highest BCUT2D eigenvalue weighted by Gasteiger charge is 2.38. The van der Waals surface area contributed by atoms with Crippen LogP contribution in [0.1, 0.15) is 56.9 Å². The fourth-order valence-corrected chi connectivity index (χ4v) is 8.12. The van der Waals surface area contributed by atoms with Crippen LogP contribution in [0, 0.1) is 11.1 Å². The van der Waals surface area contributed by atoms with E-state index in [9.17, 15) is 19.9 Å². The third kappa shape index (κ3) is 8.65. The zero-order valence-corrected chi connectivity index (χ0v) is 31.8. The smallest absolute Gasteiger partial charge is 0.414 e. The molecule has 280 valence electrons. The molecule has 3 aromatic carbocycles. The second kappa shape index (κ2) is 16.6. The molecule has 0 aliphatic carbocycles. The summed E-state index contributed by atoms with van der Waals surface area (Å²) in [6.07, 6.45) is 3.91. The van der Waals surface area contributed by atoms with E-state index in [1.807, 2.05) is 55.4 Å². The molecule has 1 N–H and O–H groups in total. The summed E-state index contributed by atoms with van der Waals surface area (Å²) in [7, 11) is 7.00. The number of amides is 1. The van der Waals surface area contributed by atoms with Gasteiger partial charge in [0.15, 0.2) is 23.9 Å². The molecule has 3 saturated heterocycles. The number of anilines is 1. The molecule has 53 heavy (non-hydrogen) atoms. The van der Waals surface area contributed by atoms with Crippen LogP contribution in [-0.2, 0) is 24.2 Å². The Morgan fingerprint density at radius 3 is 2.28 bits per heavy atom. The van der Waals surface area contributed by atoms with E-state index in [2.05, 4.69) is 4.90 Å². The van der Waals surface area contributed by atoms with Crippen LogP contribution >= 0.6 is 23.2 Å². The van der Waals surface area contributed by atoms with Crippen molar-refractivity contribution in [3.8, 4) is 11.5 Å². The third-order valence-corrected chi connectivity index (χ3v) is 10.8. The number of halogens is 2. The van der Waals surface area contributed by atoms with Crippen molar-refractivity contribution in [2.45, 2.75) is 44.4 Å². The Kier molecular flexibility index (Phi) is 12.0. The van der Waals surface area contributed by atoms with Crippen LogP contribution in [-0.4, -0.2) is 81.0 Å². The molecule has 13 heteroatoms. The number of hydrogen-bond donors (Lipinski definition) is 1. The van der Waals surface area contributed by atoms with Crippen molar-refractivity contribution in [3.63, 3.8) is 0 Å². The molecule has 0 spiro atoms. The maximum Gasteiger partial charge on any atom is 0.414 e. The van der Waals surface area contributed by atoms with Crippen LogP contribution < -0.4 is 19.1 Å². The quantitative estimate of drug-likeness (QED) is 0.113. The van der Waals surface area contributed by atoms with Gasteiger partial charge in [-0.3, -0.25) is 9.80 Å². The highest BCUT2D eigenvalue weighted by molar-refractivity contribution is 6.35. The van der Waals surface area contributed by atoms with Gasteiger partial charge in [-0.2, -0.15) is 4.73 Å². The van der Waals surface area contributed by atoms with Gasteiger partial charge in [-0.15, -0.1) is 0 Å². The molecule has 1 aromatic heterocycles. The number of nitrogens with zero attached hydrogens (tertiary/aromatic N) is 4.